The largest absolute Gasteiger partial charge is 0.356 e. The van der Waals surface area contributed by atoms with Crippen molar-refractivity contribution in [2.24, 2.45) is 4.99 Å². The van der Waals surface area contributed by atoms with Crippen LogP contribution in [0, 0.1) is 11.6 Å². The number of aliphatic imine (C=N–C) groups is 1. The molecule has 1 rings (SSSR count). The van der Waals surface area contributed by atoms with E-state index in [-0.39, 0.29) is 18.5 Å². The molecule has 0 aliphatic rings. The second kappa shape index (κ2) is 9.85. The Morgan fingerprint density at radius 3 is 2.67 bits per heavy atom. The SMILES string of the molecule is CCC(C)NC(=NCC(=O)N(C)C)NCCc1cc(F)ccc1F. The Bertz CT molecular complexity index is 576. The van der Waals surface area contributed by atoms with E-state index in [1.165, 1.54) is 11.0 Å². The molecule has 0 aliphatic carbocycles. The highest BCUT2D eigenvalue weighted by molar-refractivity contribution is 5.84. The van der Waals surface area contributed by atoms with E-state index in [1.807, 2.05) is 13.8 Å². The van der Waals surface area contributed by atoms with E-state index in [0.29, 0.717) is 24.5 Å². The summed E-state index contributed by atoms with van der Waals surface area (Å²) in [6.07, 6.45) is 1.20. The van der Waals surface area contributed by atoms with Crippen molar-refractivity contribution in [1.29, 1.82) is 0 Å². The van der Waals surface area contributed by atoms with E-state index in [2.05, 4.69) is 15.6 Å². The van der Waals surface area contributed by atoms with Crippen molar-refractivity contribution < 1.29 is 13.6 Å². The molecule has 1 amide bonds. The van der Waals surface area contributed by atoms with Crippen LogP contribution in [0.1, 0.15) is 25.8 Å². The summed E-state index contributed by atoms with van der Waals surface area (Å²) >= 11 is 0. The van der Waals surface area contributed by atoms with Crippen LogP contribution in [-0.2, 0) is 11.2 Å². The second-order valence-corrected chi connectivity index (χ2v) is 5.82. The van der Waals surface area contributed by atoms with Gasteiger partial charge in [-0.1, -0.05) is 6.92 Å². The molecule has 1 aromatic carbocycles. The molecule has 0 saturated carbocycles. The van der Waals surface area contributed by atoms with E-state index in [4.69, 9.17) is 0 Å². The maximum absolute atomic E-state index is 13.6. The second-order valence-electron chi connectivity index (χ2n) is 5.82. The molecule has 7 heteroatoms. The van der Waals surface area contributed by atoms with Gasteiger partial charge in [-0.25, -0.2) is 13.8 Å². The van der Waals surface area contributed by atoms with Gasteiger partial charge in [0.25, 0.3) is 0 Å². The summed E-state index contributed by atoms with van der Waals surface area (Å²) in [6, 6.07) is 3.58. The van der Waals surface area contributed by atoms with Crippen LogP contribution < -0.4 is 10.6 Å². The van der Waals surface area contributed by atoms with Crippen molar-refractivity contribution in [3.8, 4) is 0 Å². The smallest absolute Gasteiger partial charge is 0.243 e. The molecule has 0 radical (unpaired) electrons. The number of halogens is 2. The Morgan fingerprint density at radius 1 is 1.33 bits per heavy atom. The molecule has 2 N–H and O–H groups in total. The Balaban J connectivity index is 2.65. The number of carbonyl (C=O) groups excluding carboxylic acids is 1. The average Bonchev–Trinajstić information content (AvgIpc) is 2.54. The van der Waals surface area contributed by atoms with Crippen LogP contribution in [0.4, 0.5) is 8.78 Å². The number of guanidine groups is 1. The van der Waals surface area contributed by atoms with Crippen LogP contribution in [0.15, 0.2) is 23.2 Å². The highest BCUT2D eigenvalue weighted by atomic mass is 19.1. The fourth-order valence-corrected chi connectivity index (χ4v) is 1.83. The van der Waals surface area contributed by atoms with Gasteiger partial charge in [-0.2, -0.15) is 0 Å². The summed E-state index contributed by atoms with van der Waals surface area (Å²) in [6.45, 7) is 4.42. The molecular weight excluding hydrogens is 314 g/mol. The topological polar surface area (TPSA) is 56.7 Å². The number of rotatable bonds is 7. The van der Waals surface area contributed by atoms with Crippen LogP contribution in [-0.4, -0.2) is 50.0 Å². The van der Waals surface area contributed by atoms with Crippen molar-refractivity contribution in [1.82, 2.24) is 15.5 Å². The Hall–Kier alpha value is -2.18. The zero-order chi connectivity index (χ0) is 18.1. The van der Waals surface area contributed by atoms with Gasteiger partial charge < -0.3 is 15.5 Å². The van der Waals surface area contributed by atoms with Crippen LogP contribution in [0.2, 0.25) is 0 Å². The number of hydrogen-bond acceptors (Lipinski definition) is 2. The third-order valence-corrected chi connectivity index (χ3v) is 3.56. The molecule has 0 aromatic heterocycles. The summed E-state index contributed by atoms with van der Waals surface area (Å²) in [4.78, 5) is 17.4. The van der Waals surface area contributed by atoms with Gasteiger partial charge in [0.2, 0.25) is 5.91 Å². The first-order valence-electron chi connectivity index (χ1n) is 8.02. The molecule has 0 spiro atoms. The Kier molecular flexibility index (Phi) is 8.15. The predicted octanol–water partition coefficient (Wildman–Crippen LogP) is 1.93. The van der Waals surface area contributed by atoms with Gasteiger partial charge in [-0.3, -0.25) is 4.79 Å². The lowest BCUT2D eigenvalue weighted by Gasteiger charge is -2.17. The Labute approximate surface area is 142 Å². The molecule has 1 atom stereocenters. The van der Waals surface area contributed by atoms with E-state index in [9.17, 15) is 13.6 Å². The van der Waals surface area contributed by atoms with Crippen LogP contribution >= 0.6 is 0 Å². The Morgan fingerprint density at radius 2 is 2.04 bits per heavy atom. The fraction of sp³-hybridized carbons (Fsp3) is 0.529. The van der Waals surface area contributed by atoms with Crippen molar-refractivity contribution in [2.45, 2.75) is 32.7 Å². The number of nitrogens with one attached hydrogen (secondary N) is 2. The van der Waals surface area contributed by atoms with Gasteiger partial charge in [0.1, 0.15) is 18.2 Å². The summed E-state index contributed by atoms with van der Waals surface area (Å²) < 4.78 is 26.8. The van der Waals surface area contributed by atoms with E-state index in [1.54, 1.807) is 14.1 Å². The lowest BCUT2D eigenvalue weighted by molar-refractivity contribution is -0.127. The quantitative estimate of drug-likeness (QED) is 0.589. The summed E-state index contributed by atoms with van der Waals surface area (Å²) in [7, 11) is 3.33. The molecule has 0 bridgehead atoms. The number of nitrogens with zero attached hydrogens (tertiary/aromatic N) is 2. The third-order valence-electron chi connectivity index (χ3n) is 3.56. The first-order chi connectivity index (χ1) is 11.3. The van der Waals surface area contributed by atoms with E-state index in [0.717, 1.165) is 18.6 Å². The van der Waals surface area contributed by atoms with Gasteiger partial charge in [0, 0.05) is 26.7 Å². The highest BCUT2D eigenvalue weighted by Crippen LogP contribution is 2.09. The first-order valence-corrected chi connectivity index (χ1v) is 8.02. The van der Waals surface area contributed by atoms with Gasteiger partial charge >= 0.3 is 0 Å². The molecule has 0 fully saturated rings. The standard InChI is InChI=1S/C17H26F2N4O/c1-5-12(2)22-17(21-11-16(24)23(3)4)20-9-8-13-10-14(18)6-7-15(13)19/h6-7,10,12H,5,8-9,11H2,1-4H3,(H2,20,21,22). The van der Waals surface area contributed by atoms with Crippen molar-refractivity contribution >= 4 is 11.9 Å². The molecule has 24 heavy (non-hydrogen) atoms. The lowest BCUT2D eigenvalue weighted by atomic mass is 10.1. The normalized spacial score (nSPS) is 12.7. The minimum atomic E-state index is -0.463. The van der Waals surface area contributed by atoms with Gasteiger partial charge in [0.15, 0.2) is 5.96 Å². The minimum Gasteiger partial charge on any atom is -0.356 e. The maximum atomic E-state index is 13.6. The lowest BCUT2D eigenvalue weighted by Crippen LogP contribution is -2.43. The van der Waals surface area contributed by atoms with E-state index < -0.39 is 11.6 Å². The van der Waals surface area contributed by atoms with E-state index >= 15 is 0 Å². The number of amides is 1. The average molecular weight is 340 g/mol. The number of likely N-dealkylation sites (N-methyl/N-ethyl adjacent to an activating group) is 1. The third kappa shape index (κ3) is 6.93. The van der Waals surface area contributed by atoms with Crippen molar-refractivity contribution in [3.63, 3.8) is 0 Å². The molecule has 5 nitrogen and oxygen atoms in total. The molecule has 0 heterocycles. The molecule has 0 aliphatic heterocycles. The van der Waals surface area contributed by atoms with Gasteiger partial charge in [-0.15, -0.1) is 0 Å². The molecule has 134 valence electrons. The maximum Gasteiger partial charge on any atom is 0.243 e. The highest BCUT2D eigenvalue weighted by Gasteiger charge is 2.08. The van der Waals surface area contributed by atoms with Crippen LogP contribution in [0.25, 0.3) is 0 Å². The minimum absolute atomic E-state index is 0.0209. The monoisotopic (exact) mass is 340 g/mol. The van der Waals surface area contributed by atoms with Crippen LogP contribution in [0.3, 0.4) is 0 Å². The predicted molar refractivity (Wildman–Crippen MR) is 91.9 cm³/mol. The molecule has 0 saturated heterocycles. The zero-order valence-corrected chi connectivity index (χ0v) is 14.7. The summed E-state index contributed by atoms with van der Waals surface area (Å²) in [5, 5.41) is 6.23. The van der Waals surface area contributed by atoms with Gasteiger partial charge in [-0.05, 0) is 43.5 Å². The van der Waals surface area contributed by atoms with Crippen molar-refractivity contribution in [3.05, 3.63) is 35.4 Å². The van der Waals surface area contributed by atoms with Gasteiger partial charge in [0.05, 0.1) is 0 Å². The summed E-state index contributed by atoms with van der Waals surface area (Å²) in [5.41, 5.74) is 0.301. The first kappa shape index (κ1) is 19.9. The molecular formula is C17H26F2N4O. The van der Waals surface area contributed by atoms with Crippen LogP contribution in [0.5, 0.6) is 0 Å². The molecule has 1 aromatic rings. The van der Waals surface area contributed by atoms with Crippen molar-refractivity contribution in [2.75, 3.05) is 27.2 Å². The number of benzene rings is 1. The summed E-state index contributed by atoms with van der Waals surface area (Å²) in [5.74, 6) is -0.531. The fourth-order valence-electron chi connectivity index (χ4n) is 1.83. The zero-order valence-electron chi connectivity index (χ0n) is 14.7. The number of hydrogen-bond donors (Lipinski definition) is 2. The molecule has 1 unspecified atom stereocenters. The number of carbonyl (C=O) groups is 1.